The van der Waals surface area contributed by atoms with Gasteiger partial charge in [-0.2, -0.15) is 15.2 Å². The van der Waals surface area contributed by atoms with Gasteiger partial charge >= 0.3 is 6.01 Å². The molecule has 2 aliphatic heterocycles. The molecule has 0 aliphatic carbocycles. The lowest BCUT2D eigenvalue weighted by Gasteiger charge is -2.34. The topological polar surface area (TPSA) is 97.5 Å². The Hall–Kier alpha value is -4.00. The molecule has 202 valence electrons. The molecule has 3 aromatic carbocycles. The maximum atomic E-state index is 16.0. The van der Waals surface area contributed by atoms with Crippen molar-refractivity contribution in [1.82, 2.24) is 20.2 Å². The highest BCUT2D eigenvalue weighted by molar-refractivity contribution is 6.01. The standard InChI is InChI=1S/C25H22FN5O2.C5H11N/c1-33-25-29-23-20(24(30-25)31-11-10-28-16(14-31)8-9-27)7-6-19(22(23)26)21-13-17(32)12-15-4-2-3-5-18(15)21;1-6-4-2-3-5-6/h2-7,12-13,16,28,32H,8,10-11,14H2,1H3;2-5H2,1H3. The highest BCUT2D eigenvalue weighted by atomic mass is 19.1. The van der Waals surface area contributed by atoms with Gasteiger partial charge in [0.25, 0.3) is 0 Å². The maximum Gasteiger partial charge on any atom is 0.318 e. The minimum Gasteiger partial charge on any atom is -0.508 e. The number of nitriles is 1. The van der Waals surface area contributed by atoms with Crippen LogP contribution in [0, 0.1) is 17.1 Å². The Morgan fingerprint density at radius 1 is 1.08 bits per heavy atom. The zero-order valence-corrected chi connectivity index (χ0v) is 22.3. The highest BCUT2D eigenvalue weighted by Gasteiger charge is 2.25. The third-order valence-corrected chi connectivity index (χ3v) is 7.31. The molecule has 1 aromatic heterocycles. The summed E-state index contributed by atoms with van der Waals surface area (Å²) < 4.78 is 21.3. The summed E-state index contributed by atoms with van der Waals surface area (Å²) in [6.07, 6.45) is 3.20. The lowest BCUT2D eigenvalue weighted by Crippen LogP contribution is -2.50. The number of methoxy groups -OCH3 is 1. The Kier molecular flexibility index (Phi) is 8.05. The molecule has 39 heavy (non-hydrogen) atoms. The number of rotatable bonds is 4. The van der Waals surface area contributed by atoms with E-state index in [0.717, 1.165) is 10.8 Å². The van der Waals surface area contributed by atoms with Crippen molar-refractivity contribution in [2.24, 2.45) is 0 Å². The van der Waals surface area contributed by atoms with Crippen molar-refractivity contribution >= 4 is 27.5 Å². The molecule has 1 unspecified atom stereocenters. The second-order valence-corrected chi connectivity index (χ2v) is 10.0. The van der Waals surface area contributed by atoms with Gasteiger partial charge in [-0.25, -0.2) is 4.39 Å². The van der Waals surface area contributed by atoms with Crippen LogP contribution in [0.15, 0.2) is 48.5 Å². The molecule has 6 rings (SSSR count). The highest BCUT2D eigenvalue weighted by Crippen LogP contribution is 2.38. The summed E-state index contributed by atoms with van der Waals surface area (Å²) in [5.41, 5.74) is 1.07. The van der Waals surface area contributed by atoms with Crippen LogP contribution in [0.25, 0.3) is 32.8 Å². The molecular formula is C30H33FN6O2. The van der Waals surface area contributed by atoms with Crippen molar-refractivity contribution in [3.8, 4) is 29.0 Å². The van der Waals surface area contributed by atoms with Gasteiger partial charge in [-0.05, 0) is 67.5 Å². The van der Waals surface area contributed by atoms with Gasteiger partial charge in [-0.15, -0.1) is 0 Å². The first-order chi connectivity index (χ1) is 19.0. The first-order valence-corrected chi connectivity index (χ1v) is 13.3. The van der Waals surface area contributed by atoms with Crippen LogP contribution in [0.5, 0.6) is 11.8 Å². The van der Waals surface area contributed by atoms with Crippen molar-refractivity contribution in [3.63, 3.8) is 0 Å². The van der Waals surface area contributed by atoms with Gasteiger partial charge in [-0.3, -0.25) is 0 Å². The summed E-state index contributed by atoms with van der Waals surface area (Å²) in [4.78, 5) is 13.2. The Balaban J connectivity index is 0.000000455. The smallest absolute Gasteiger partial charge is 0.318 e. The number of phenols is 1. The Bertz CT molecular complexity index is 1520. The van der Waals surface area contributed by atoms with Crippen LogP contribution >= 0.6 is 0 Å². The number of phenolic OH excluding ortho intramolecular Hbond substituents is 1. The minimum absolute atomic E-state index is 0.00235. The van der Waals surface area contributed by atoms with Crippen LogP contribution in [-0.4, -0.2) is 72.9 Å². The second-order valence-electron chi connectivity index (χ2n) is 10.0. The van der Waals surface area contributed by atoms with Gasteiger partial charge in [0.15, 0.2) is 5.82 Å². The molecule has 4 aromatic rings. The van der Waals surface area contributed by atoms with Crippen molar-refractivity contribution in [2.75, 3.05) is 51.8 Å². The molecule has 1 atom stereocenters. The number of nitrogens with zero attached hydrogens (tertiary/aromatic N) is 5. The maximum absolute atomic E-state index is 16.0. The third-order valence-electron chi connectivity index (χ3n) is 7.31. The minimum atomic E-state index is -0.506. The fraction of sp³-hybridized carbons (Fsp3) is 0.367. The molecule has 0 radical (unpaired) electrons. The van der Waals surface area contributed by atoms with E-state index in [1.165, 1.54) is 33.0 Å². The van der Waals surface area contributed by atoms with Crippen molar-refractivity contribution in [2.45, 2.75) is 25.3 Å². The van der Waals surface area contributed by atoms with Crippen molar-refractivity contribution in [3.05, 3.63) is 54.3 Å². The van der Waals surface area contributed by atoms with Crippen LogP contribution in [-0.2, 0) is 0 Å². The van der Waals surface area contributed by atoms with Gasteiger partial charge in [0.05, 0.1) is 19.6 Å². The monoisotopic (exact) mass is 528 g/mol. The van der Waals surface area contributed by atoms with E-state index >= 15 is 4.39 Å². The molecule has 0 amide bonds. The van der Waals surface area contributed by atoms with Crippen molar-refractivity contribution in [1.29, 1.82) is 5.26 Å². The Morgan fingerprint density at radius 3 is 2.59 bits per heavy atom. The number of fused-ring (bicyclic) bond motifs is 2. The Morgan fingerprint density at radius 2 is 1.87 bits per heavy atom. The first-order valence-electron chi connectivity index (χ1n) is 13.3. The summed E-state index contributed by atoms with van der Waals surface area (Å²) in [5.74, 6) is 0.134. The number of hydrogen-bond donors (Lipinski definition) is 2. The molecule has 3 heterocycles. The van der Waals surface area contributed by atoms with Gasteiger partial charge in [0, 0.05) is 36.6 Å². The van der Waals surface area contributed by atoms with Crippen molar-refractivity contribution < 1.29 is 14.2 Å². The summed E-state index contributed by atoms with van der Waals surface area (Å²) in [5, 5.41) is 24.9. The number of ether oxygens (including phenoxy) is 1. The normalized spacial score (nSPS) is 17.6. The van der Waals surface area contributed by atoms with Crippen LogP contribution in [0.2, 0.25) is 0 Å². The number of hydrogen-bond acceptors (Lipinski definition) is 8. The molecule has 0 spiro atoms. The van der Waals surface area contributed by atoms with E-state index in [2.05, 4.69) is 33.3 Å². The quantitative estimate of drug-likeness (QED) is 0.393. The zero-order valence-electron chi connectivity index (χ0n) is 22.3. The third kappa shape index (κ3) is 5.72. The number of likely N-dealkylation sites (tertiary alicyclic amines) is 1. The molecule has 9 heteroatoms. The van der Waals surface area contributed by atoms with E-state index in [4.69, 9.17) is 10.00 Å². The number of aromatic hydroxyl groups is 1. The molecule has 8 nitrogen and oxygen atoms in total. The number of halogens is 1. The molecule has 2 N–H and O–H groups in total. The SMILES string of the molecule is CN1CCCC1.COc1nc(N2CCNC(CC#N)C2)c2ccc(-c3cc(O)cc4ccccc34)c(F)c2n1. The van der Waals surface area contributed by atoms with Crippen LogP contribution in [0.3, 0.4) is 0 Å². The number of anilines is 1. The van der Waals surface area contributed by atoms with Crippen LogP contribution in [0.1, 0.15) is 19.3 Å². The molecule has 2 saturated heterocycles. The fourth-order valence-corrected chi connectivity index (χ4v) is 5.32. The molecule has 2 fully saturated rings. The van der Waals surface area contributed by atoms with E-state index in [1.807, 2.05) is 35.2 Å². The van der Waals surface area contributed by atoms with Gasteiger partial charge < -0.3 is 25.0 Å². The largest absolute Gasteiger partial charge is 0.508 e. The average Bonchev–Trinajstić information content (AvgIpc) is 3.44. The molecule has 0 bridgehead atoms. The fourth-order valence-electron chi connectivity index (χ4n) is 5.32. The molecule has 0 saturated carbocycles. The molecule has 2 aliphatic rings. The van der Waals surface area contributed by atoms with Gasteiger partial charge in [0.2, 0.25) is 0 Å². The predicted octanol–water partition coefficient (Wildman–Crippen LogP) is 4.71. The number of piperazine rings is 1. The first kappa shape index (κ1) is 26.6. The van der Waals surface area contributed by atoms with E-state index in [0.29, 0.717) is 48.4 Å². The average molecular weight is 529 g/mol. The lowest BCUT2D eigenvalue weighted by atomic mass is 9.96. The summed E-state index contributed by atoms with van der Waals surface area (Å²) in [7, 11) is 3.62. The van der Waals surface area contributed by atoms with E-state index in [-0.39, 0.29) is 23.3 Å². The predicted molar refractivity (Wildman–Crippen MR) is 152 cm³/mol. The van der Waals surface area contributed by atoms with Gasteiger partial charge in [0.1, 0.15) is 17.1 Å². The van der Waals surface area contributed by atoms with E-state index in [1.54, 1.807) is 18.2 Å². The van der Waals surface area contributed by atoms with Gasteiger partial charge in [-0.1, -0.05) is 30.3 Å². The van der Waals surface area contributed by atoms with Crippen LogP contribution in [0.4, 0.5) is 10.2 Å². The summed E-state index contributed by atoms with van der Waals surface area (Å²) >= 11 is 0. The molecular weight excluding hydrogens is 495 g/mol. The number of aromatic nitrogens is 2. The Labute approximate surface area is 227 Å². The van der Waals surface area contributed by atoms with E-state index < -0.39 is 5.82 Å². The zero-order chi connectivity index (χ0) is 27.4. The number of nitrogens with one attached hydrogen (secondary N) is 1. The number of benzene rings is 3. The summed E-state index contributed by atoms with van der Waals surface area (Å²) in [6.45, 7) is 4.57. The second kappa shape index (κ2) is 11.8. The summed E-state index contributed by atoms with van der Waals surface area (Å²) in [6, 6.07) is 16.5. The van der Waals surface area contributed by atoms with E-state index in [9.17, 15) is 5.11 Å². The van der Waals surface area contributed by atoms with Crippen LogP contribution < -0.4 is 15.0 Å². The lowest BCUT2D eigenvalue weighted by molar-refractivity contribution is 0.380.